The zero-order valence-electron chi connectivity index (χ0n) is 7.78. The van der Waals surface area contributed by atoms with Crippen molar-refractivity contribution < 1.29 is 4.79 Å². The van der Waals surface area contributed by atoms with Gasteiger partial charge < -0.3 is 10.6 Å². The Kier molecular flexibility index (Phi) is 2.82. The van der Waals surface area contributed by atoms with Crippen LogP contribution in [-0.4, -0.2) is 23.5 Å². The van der Waals surface area contributed by atoms with Crippen molar-refractivity contribution >= 4 is 34.8 Å². The minimum Gasteiger partial charge on any atom is -0.326 e. The minimum absolute atomic E-state index is 0.0131. The van der Waals surface area contributed by atoms with Crippen LogP contribution in [0.25, 0.3) is 0 Å². The van der Waals surface area contributed by atoms with Gasteiger partial charge in [-0.3, -0.25) is 4.79 Å². The zero-order valence-corrected chi connectivity index (χ0v) is 9.29. The highest BCUT2D eigenvalue weighted by Crippen LogP contribution is 2.25. The monoisotopic (exact) mass is 245 g/mol. The van der Waals surface area contributed by atoms with Crippen LogP contribution in [0.1, 0.15) is 6.42 Å². The van der Waals surface area contributed by atoms with Crippen molar-refractivity contribution in [1.82, 2.24) is 4.98 Å². The van der Waals surface area contributed by atoms with Crippen molar-refractivity contribution in [2.24, 2.45) is 5.73 Å². The van der Waals surface area contributed by atoms with Gasteiger partial charge >= 0.3 is 0 Å². The molecule has 1 aliphatic heterocycles. The van der Waals surface area contributed by atoms with Gasteiger partial charge in [0.05, 0.1) is 0 Å². The number of halogens is 2. The SMILES string of the molecule is NC1CC(=O)N(c2cc(Cl)nc(Cl)c2)C1. The summed E-state index contributed by atoms with van der Waals surface area (Å²) in [7, 11) is 0. The molecular weight excluding hydrogens is 237 g/mol. The van der Waals surface area contributed by atoms with Crippen LogP contribution in [-0.2, 0) is 4.79 Å². The molecule has 0 saturated carbocycles. The number of anilines is 1. The van der Waals surface area contributed by atoms with Gasteiger partial charge in [-0.25, -0.2) is 4.98 Å². The minimum atomic E-state index is -0.122. The second kappa shape index (κ2) is 3.96. The summed E-state index contributed by atoms with van der Waals surface area (Å²) in [4.78, 5) is 16.9. The van der Waals surface area contributed by atoms with Gasteiger partial charge in [0.15, 0.2) is 0 Å². The summed E-state index contributed by atoms with van der Waals surface area (Å²) >= 11 is 11.5. The van der Waals surface area contributed by atoms with Crippen LogP contribution in [0.4, 0.5) is 5.69 Å². The Balaban J connectivity index is 2.33. The standard InChI is InChI=1S/C9H9Cl2N3O/c10-7-2-6(3-8(11)13-7)14-4-5(12)1-9(14)15/h2-3,5H,1,4,12H2. The van der Waals surface area contributed by atoms with Gasteiger partial charge in [0.2, 0.25) is 5.91 Å². The molecule has 4 nitrogen and oxygen atoms in total. The Morgan fingerprint density at radius 1 is 1.40 bits per heavy atom. The van der Waals surface area contributed by atoms with Crippen LogP contribution in [0.2, 0.25) is 10.3 Å². The molecule has 2 heterocycles. The van der Waals surface area contributed by atoms with E-state index in [0.29, 0.717) is 18.7 Å². The highest BCUT2D eigenvalue weighted by molar-refractivity contribution is 6.33. The number of amides is 1. The molecule has 0 spiro atoms. The average molecular weight is 246 g/mol. The van der Waals surface area contributed by atoms with Crippen molar-refractivity contribution in [3.05, 3.63) is 22.4 Å². The van der Waals surface area contributed by atoms with Gasteiger partial charge in [0.25, 0.3) is 0 Å². The van der Waals surface area contributed by atoms with Crippen molar-refractivity contribution in [3.8, 4) is 0 Å². The molecule has 1 amide bonds. The molecule has 1 fully saturated rings. The second-order valence-corrected chi connectivity index (χ2v) is 4.21. The third-order valence-electron chi connectivity index (χ3n) is 2.21. The van der Waals surface area contributed by atoms with E-state index in [0.717, 1.165) is 0 Å². The van der Waals surface area contributed by atoms with Crippen molar-refractivity contribution in [3.63, 3.8) is 0 Å². The number of hydrogen-bond acceptors (Lipinski definition) is 3. The lowest BCUT2D eigenvalue weighted by molar-refractivity contribution is -0.117. The summed E-state index contributed by atoms with van der Waals surface area (Å²) in [6.07, 6.45) is 0.359. The predicted octanol–water partition coefficient (Wildman–Crippen LogP) is 1.45. The zero-order chi connectivity index (χ0) is 11.0. The lowest BCUT2D eigenvalue weighted by atomic mass is 10.3. The maximum atomic E-state index is 11.5. The molecular formula is C9H9Cl2N3O. The molecule has 2 N–H and O–H groups in total. The molecule has 1 aliphatic rings. The van der Waals surface area contributed by atoms with Crippen LogP contribution >= 0.6 is 23.2 Å². The van der Waals surface area contributed by atoms with Gasteiger partial charge in [-0.15, -0.1) is 0 Å². The van der Waals surface area contributed by atoms with Gasteiger partial charge in [-0.1, -0.05) is 23.2 Å². The van der Waals surface area contributed by atoms with Crippen molar-refractivity contribution in [2.75, 3.05) is 11.4 Å². The van der Waals surface area contributed by atoms with E-state index in [-0.39, 0.29) is 22.3 Å². The fraction of sp³-hybridized carbons (Fsp3) is 0.333. The second-order valence-electron chi connectivity index (χ2n) is 3.44. The third kappa shape index (κ3) is 2.22. The lowest BCUT2D eigenvalue weighted by Crippen LogP contribution is -2.27. The molecule has 1 aromatic rings. The van der Waals surface area contributed by atoms with Gasteiger partial charge in [-0.05, 0) is 12.1 Å². The summed E-state index contributed by atoms with van der Waals surface area (Å²) in [5.74, 6) is -0.0131. The average Bonchev–Trinajstić information content (AvgIpc) is 2.43. The molecule has 1 aromatic heterocycles. The van der Waals surface area contributed by atoms with E-state index in [1.807, 2.05) is 0 Å². The van der Waals surface area contributed by atoms with E-state index in [2.05, 4.69) is 4.98 Å². The number of pyridine rings is 1. The molecule has 1 atom stereocenters. The molecule has 0 radical (unpaired) electrons. The molecule has 0 aromatic carbocycles. The number of aromatic nitrogens is 1. The topological polar surface area (TPSA) is 59.2 Å². The van der Waals surface area contributed by atoms with Crippen molar-refractivity contribution in [2.45, 2.75) is 12.5 Å². The molecule has 0 bridgehead atoms. The highest BCUT2D eigenvalue weighted by Gasteiger charge is 2.28. The highest BCUT2D eigenvalue weighted by atomic mass is 35.5. The Hall–Kier alpha value is -0.840. The molecule has 1 saturated heterocycles. The van der Waals surface area contributed by atoms with Crippen molar-refractivity contribution in [1.29, 1.82) is 0 Å². The quantitative estimate of drug-likeness (QED) is 0.763. The molecule has 6 heteroatoms. The normalized spacial score (nSPS) is 21.1. The van der Waals surface area contributed by atoms with E-state index >= 15 is 0 Å². The number of carbonyl (C=O) groups excluding carboxylic acids is 1. The summed E-state index contributed by atoms with van der Waals surface area (Å²) in [5, 5.41) is 0.538. The fourth-order valence-electron chi connectivity index (χ4n) is 1.59. The Labute approximate surface area is 97.0 Å². The molecule has 15 heavy (non-hydrogen) atoms. The van der Waals surface area contributed by atoms with E-state index in [4.69, 9.17) is 28.9 Å². The Morgan fingerprint density at radius 2 is 2.00 bits per heavy atom. The van der Waals surface area contributed by atoms with Gasteiger partial charge in [0, 0.05) is 24.7 Å². The first-order chi connectivity index (χ1) is 7.06. The first kappa shape index (κ1) is 10.7. The number of hydrogen-bond donors (Lipinski definition) is 1. The van der Waals surface area contributed by atoms with Crippen LogP contribution in [0.5, 0.6) is 0 Å². The number of rotatable bonds is 1. The first-order valence-electron chi connectivity index (χ1n) is 4.45. The molecule has 80 valence electrons. The third-order valence-corrected chi connectivity index (χ3v) is 2.60. The van der Waals surface area contributed by atoms with E-state index in [9.17, 15) is 4.79 Å². The van der Waals surface area contributed by atoms with E-state index < -0.39 is 0 Å². The van der Waals surface area contributed by atoms with E-state index in [1.165, 1.54) is 0 Å². The largest absolute Gasteiger partial charge is 0.326 e. The van der Waals surface area contributed by atoms with Crippen LogP contribution in [0.3, 0.4) is 0 Å². The number of nitrogens with two attached hydrogens (primary N) is 1. The Bertz CT molecular complexity index is 390. The van der Waals surface area contributed by atoms with Crippen LogP contribution in [0.15, 0.2) is 12.1 Å². The van der Waals surface area contributed by atoms with E-state index in [1.54, 1.807) is 17.0 Å². The molecule has 0 aliphatic carbocycles. The smallest absolute Gasteiger partial charge is 0.228 e. The lowest BCUT2D eigenvalue weighted by Gasteiger charge is -2.16. The van der Waals surface area contributed by atoms with Crippen LogP contribution < -0.4 is 10.6 Å². The summed E-state index contributed by atoms with van der Waals surface area (Å²) in [6, 6.07) is 3.08. The number of nitrogens with zero attached hydrogens (tertiary/aromatic N) is 2. The predicted molar refractivity (Wildman–Crippen MR) is 59.2 cm³/mol. The maximum Gasteiger partial charge on any atom is 0.228 e. The van der Waals surface area contributed by atoms with Crippen LogP contribution in [0, 0.1) is 0 Å². The van der Waals surface area contributed by atoms with Gasteiger partial charge in [-0.2, -0.15) is 0 Å². The summed E-state index contributed by atoms with van der Waals surface area (Å²) in [6.45, 7) is 0.496. The molecule has 1 unspecified atom stereocenters. The first-order valence-corrected chi connectivity index (χ1v) is 5.21. The molecule has 2 rings (SSSR count). The van der Waals surface area contributed by atoms with Gasteiger partial charge in [0.1, 0.15) is 10.3 Å². The Morgan fingerprint density at radius 3 is 2.47 bits per heavy atom. The fourth-order valence-corrected chi connectivity index (χ4v) is 2.04. The number of carbonyl (C=O) groups is 1. The summed E-state index contributed by atoms with van der Waals surface area (Å²) in [5.41, 5.74) is 6.34. The maximum absolute atomic E-state index is 11.5. The summed E-state index contributed by atoms with van der Waals surface area (Å²) < 4.78 is 0.